The second-order valence-electron chi connectivity index (χ2n) is 3.54. The first-order valence-corrected chi connectivity index (χ1v) is 4.93. The molecule has 1 atom stereocenters. The molecule has 0 radical (unpaired) electrons. The van der Waals surface area contributed by atoms with Crippen molar-refractivity contribution in [2.75, 3.05) is 0 Å². The molecule has 18 heavy (non-hydrogen) atoms. The highest BCUT2D eigenvalue weighted by molar-refractivity contribution is 5.73. The zero-order chi connectivity index (χ0) is 13.3. The van der Waals surface area contributed by atoms with E-state index >= 15 is 0 Å². The Labute approximate surface area is 98.9 Å². The Kier molecular flexibility index (Phi) is 2.90. The summed E-state index contributed by atoms with van der Waals surface area (Å²) in [5.41, 5.74) is 3.85. The van der Waals surface area contributed by atoms with E-state index in [2.05, 4.69) is 9.97 Å². The molecule has 0 aliphatic rings. The molecule has 0 aliphatic carbocycles. The number of H-pyrrole nitrogens is 1. The molecule has 2 aromatic rings. The van der Waals surface area contributed by atoms with Crippen molar-refractivity contribution in [1.29, 1.82) is 0 Å². The van der Waals surface area contributed by atoms with Crippen molar-refractivity contribution < 1.29 is 9.90 Å². The topological polar surface area (TPSA) is 144 Å². The van der Waals surface area contributed by atoms with Crippen molar-refractivity contribution in [3.05, 3.63) is 33.2 Å². The van der Waals surface area contributed by atoms with Gasteiger partial charge < -0.3 is 10.8 Å². The fraction of sp³-hybridized carbons (Fsp3) is 0.222. The minimum Gasteiger partial charge on any atom is -0.480 e. The molecular weight excluding hydrogens is 242 g/mol. The van der Waals surface area contributed by atoms with E-state index in [0.717, 1.165) is 4.57 Å². The van der Waals surface area contributed by atoms with Crippen LogP contribution in [0.2, 0.25) is 0 Å². The summed E-state index contributed by atoms with van der Waals surface area (Å²) in [6.07, 6.45) is 2.59. The van der Waals surface area contributed by atoms with Gasteiger partial charge in [-0.05, 0) is 0 Å². The molecule has 94 valence electrons. The first-order chi connectivity index (χ1) is 8.50. The lowest BCUT2D eigenvalue weighted by Gasteiger charge is -2.10. The predicted octanol–water partition coefficient (Wildman–Crippen LogP) is -2.11. The zero-order valence-electron chi connectivity index (χ0n) is 9.03. The van der Waals surface area contributed by atoms with Crippen molar-refractivity contribution in [2.24, 2.45) is 5.73 Å². The monoisotopic (exact) mass is 251 g/mol. The van der Waals surface area contributed by atoms with Crippen LogP contribution in [0.15, 0.2) is 22.0 Å². The van der Waals surface area contributed by atoms with Crippen LogP contribution in [0.4, 0.5) is 0 Å². The van der Waals surface area contributed by atoms with Gasteiger partial charge >= 0.3 is 11.7 Å². The molecule has 0 spiro atoms. The molecule has 2 rings (SSSR count). The highest BCUT2D eigenvalue weighted by Crippen LogP contribution is 1.99. The van der Waals surface area contributed by atoms with Crippen LogP contribution in [0.3, 0.4) is 0 Å². The van der Waals surface area contributed by atoms with E-state index in [1.807, 2.05) is 4.98 Å². The average molecular weight is 251 g/mol. The van der Waals surface area contributed by atoms with Gasteiger partial charge in [0.2, 0.25) is 0 Å². The van der Waals surface area contributed by atoms with Gasteiger partial charge in [-0.1, -0.05) is 0 Å². The Morgan fingerprint density at radius 3 is 2.78 bits per heavy atom. The summed E-state index contributed by atoms with van der Waals surface area (Å²) in [6.45, 7) is -0.305. The highest BCUT2D eigenvalue weighted by Gasteiger charge is 2.16. The average Bonchev–Trinajstić information content (AvgIpc) is 2.34. The van der Waals surface area contributed by atoms with E-state index in [9.17, 15) is 14.4 Å². The van der Waals surface area contributed by atoms with Gasteiger partial charge in [0, 0.05) is 12.4 Å². The molecule has 0 aliphatic heterocycles. The number of aromatic nitrogens is 4. The molecule has 4 N–H and O–H groups in total. The van der Waals surface area contributed by atoms with Crippen molar-refractivity contribution in [1.82, 2.24) is 19.5 Å². The molecule has 2 heterocycles. The second-order valence-corrected chi connectivity index (χ2v) is 3.54. The molecular formula is C9H9N5O4. The molecule has 0 amide bonds. The van der Waals surface area contributed by atoms with E-state index in [4.69, 9.17) is 10.8 Å². The number of aromatic amines is 1. The van der Waals surface area contributed by atoms with Gasteiger partial charge in [0.1, 0.15) is 6.04 Å². The van der Waals surface area contributed by atoms with Crippen molar-refractivity contribution >= 4 is 17.1 Å². The van der Waals surface area contributed by atoms with E-state index in [0.29, 0.717) is 0 Å². The lowest BCUT2D eigenvalue weighted by molar-refractivity contribution is -0.138. The molecule has 0 bridgehead atoms. The number of nitrogens with one attached hydrogen (secondary N) is 1. The van der Waals surface area contributed by atoms with E-state index in [1.54, 1.807) is 0 Å². The quantitative estimate of drug-likeness (QED) is 0.566. The molecule has 9 heteroatoms. The van der Waals surface area contributed by atoms with E-state index < -0.39 is 23.3 Å². The number of nitrogens with zero attached hydrogens (tertiary/aromatic N) is 3. The van der Waals surface area contributed by atoms with Gasteiger partial charge in [0.25, 0.3) is 5.56 Å². The minimum atomic E-state index is -1.28. The Bertz CT molecular complexity index is 719. The summed E-state index contributed by atoms with van der Waals surface area (Å²) in [5, 5.41) is 8.71. The SMILES string of the molecule is N[C@H](Cn1c(=O)[nH]c(=O)c2nccnc21)C(=O)O. The Morgan fingerprint density at radius 2 is 2.11 bits per heavy atom. The smallest absolute Gasteiger partial charge is 0.330 e. The van der Waals surface area contributed by atoms with Crippen LogP contribution in [-0.4, -0.2) is 36.6 Å². The van der Waals surface area contributed by atoms with Crippen LogP contribution >= 0.6 is 0 Å². The molecule has 0 saturated carbocycles. The molecule has 2 aromatic heterocycles. The summed E-state index contributed by atoms with van der Waals surface area (Å²) in [5.74, 6) is -1.26. The van der Waals surface area contributed by atoms with Crippen LogP contribution in [0.25, 0.3) is 11.2 Å². The number of rotatable bonds is 3. The highest BCUT2D eigenvalue weighted by atomic mass is 16.4. The first kappa shape index (κ1) is 11.9. The molecule has 0 unspecified atom stereocenters. The van der Waals surface area contributed by atoms with Gasteiger partial charge in [0.05, 0.1) is 6.54 Å². The lowest BCUT2D eigenvalue weighted by atomic mass is 10.3. The third-order valence-electron chi connectivity index (χ3n) is 2.31. The number of hydrogen-bond donors (Lipinski definition) is 3. The van der Waals surface area contributed by atoms with Gasteiger partial charge in [-0.25, -0.2) is 14.8 Å². The van der Waals surface area contributed by atoms with Gasteiger partial charge in [-0.2, -0.15) is 0 Å². The van der Waals surface area contributed by atoms with Gasteiger partial charge in [-0.3, -0.25) is 19.1 Å². The first-order valence-electron chi connectivity index (χ1n) is 4.93. The fourth-order valence-electron chi connectivity index (χ4n) is 1.45. The summed E-state index contributed by atoms with van der Waals surface area (Å²) in [4.78, 5) is 43.4. The number of aliphatic carboxylic acids is 1. The number of fused-ring (bicyclic) bond motifs is 1. The molecule has 0 fully saturated rings. The molecule has 9 nitrogen and oxygen atoms in total. The fourth-order valence-corrected chi connectivity index (χ4v) is 1.45. The zero-order valence-corrected chi connectivity index (χ0v) is 9.03. The van der Waals surface area contributed by atoms with Crippen LogP contribution < -0.4 is 17.0 Å². The lowest BCUT2D eigenvalue weighted by Crippen LogP contribution is -2.40. The largest absolute Gasteiger partial charge is 0.480 e. The summed E-state index contributed by atoms with van der Waals surface area (Å²) in [7, 11) is 0. The Hall–Kier alpha value is -2.55. The van der Waals surface area contributed by atoms with Crippen LogP contribution in [-0.2, 0) is 11.3 Å². The minimum absolute atomic E-state index is 0.00273. The predicted molar refractivity (Wildman–Crippen MR) is 60.0 cm³/mol. The number of carboxylic acid groups (broad SMARTS) is 1. The van der Waals surface area contributed by atoms with Crippen molar-refractivity contribution in [3.63, 3.8) is 0 Å². The Balaban J connectivity index is 2.67. The standard InChI is InChI=1S/C9H9N5O4/c10-4(8(16)17)3-14-6-5(11-1-2-12-6)7(15)13-9(14)18/h1-2,4H,3,10H2,(H,16,17)(H,13,15,18)/t4-/m1/s1. The van der Waals surface area contributed by atoms with Crippen molar-refractivity contribution in [2.45, 2.75) is 12.6 Å². The van der Waals surface area contributed by atoms with Crippen LogP contribution in [0, 0.1) is 0 Å². The second kappa shape index (κ2) is 4.37. The Morgan fingerprint density at radius 1 is 1.44 bits per heavy atom. The van der Waals surface area contributed by atoms with Crippen LogP contribution in [0.1, 0.15) is 0 Å². The van der Waals surface area contributed by atoms with Crippen LogP contribution in [0.5, 0.6) is 0 Å². The number of carbonyl (C=O) groups is 1. The van der Waals surface area contributed by atoms with E-state index in [1.165, 1.54) is 12.4 Å². The van der Waals surface area contributed by atoms with Gasteiger partial charge in [0.15, 0.2) is 11.2 Å². The summed E-state index contributed by atoms with van der Waals surface area (Å²) in [6, 6.07) is -1.28. The molecule has 0 saturated heterocycles. The maximum atomic E-state index is 11.6. The van der Waals surface area contributed by atoms with Crippen molar-refractivity contribution in [3.8, 4) is 0 Å². The molecule has 0 aromatic carbocycles. The number of hydrogen-bond acceptors (Lipinski definition) is 6. The normalized spacial score (nSPS) is 12.5. The number of nitrogens with two attached hydrogens (primary N) is 1. The summed E-state index contributed by atoms with van der Waals surface area (Å²) >= 11 is 0. The maximum absolute atomic E-state index is 11.6. The van der Waals surface area contributed by atoms with E-state index in [-0.39, 0.29) is 17.7 Å². The third-order valence-corrected chi connectivity index (χ3v) is 2.31. The maximum Gasteiger partial charge on any atom is 0.330 e. The number of carboxylic acids is 1. The van der Waals surface area contributed by atoms with Gasteiger partial charge in [-0.15, -0.1) is 0 Å². The summed E-state index contributed by atoms with van der Waals surface area (Å²) < 4.78 is 0.975. The third kappa shape index (κ3) is 1.98.